The molecule has 2 heteroatoms. The molecule has 0 aromatic heterocycles. The summed E-state index contributed by atoms with van der Waals surface area (Å²) in [7, 11) is 0. The Morgan fingerprint density at radius 1 is 1.58 bits per heavy atom. The van der Waals surface area contributed by atoms with E-state index < -0.39 is 0 Å². The molecule has 0 radical (unpaired) electrons. The van der Waals surface area contributed by atoms with Crippen LogP contribution >= 0.6 is 15.9 Å². The average molecular weight is 235 g/mol. The number of rotatable bonds is 4. The highest BCUT2D eigenvalue weighted by molar-refractivity contribution is 9.09. The van der Waals surface area contributed by atoms with E-state index in [1.807, 2.05) is 0 Å². The van der Waals surface area contributed by atoms with Crippen molar-refractivity contribution >= 4 is 15.9 Å². The van der Waals surface area contributed by atoms with Gasteiger partial charge in [-0.05, 0) is 25.2 Å². The summed E-state index contributed by atoms with van der Waals surface area (Å²) in [6.45, 7) is 5.52. The molecule has 0 amide bonds. The van der Waals surface area contributed by atoms with Crippen LogP contribution < -0.4 is 0 Å². The standard InChI is InChI=1S/C10H19BrO/c1-3-9(2)7-10(8-11)5-4-6-12-10/h9H,3-8H2,1-2H3. The summed E-state index contributed by atoms with van der Waals surface area (Å²) in [6, 6.07) is 0. The minimum absolute atomic E-state index is 0.176. The Balaban J connectivity index is 2.43. The second-order valence-corrected chi connectivity index (χ2v) is 4.55. The monoisotopic (exact) mass is 234 g/mol. The van der Waals surface area contributed by atoms with Gasteiger partial charge in [0.25, 0.3) is 0 Å². The first-order valence-electron chi connectivity index (χ1n) is 4.92. The fraction of sp³-hybridized carbons (Fsp3) is 1.00. The maximum atomic E-state index is 5.82. The van der Waals surface area contributed by atoms with Crippen molar-refractivity contribution in [3.05, 3.63) is 0 Å². The lowest BCUT2D eigenvalue weighted by atomic mass is 9.89. The van der Waals surface area contributed by atoms with Crippen molar-refractivity contribution in [1.82, 2.24) is 0 Å². The van der Waals surface area contributed by atoms with E-state index in [1.165, 1.54) is 25.7 Å². The van der Waals surface area contributed by atoms with E-state index in [1.54, 1.807) is 0 Å². The maximum absolute atomic E-state index is 5.82. The van der Waals surface area contributed by atoms with E-state index in [0.29, 0.717) is 0 Å². The van der Waals surface area contributed by atoms with E-state index >= 15 is 0 Å². The molecule has 72 valence electrons. The van der Waals surface area contributed by atoms with Gasteiger partial charge in [0.1, 0.15) is 0 Å². The Morgan fingerprint density at radius 3 is 2.75 bits per heavy atom. The van der Waals surface area contributed by atoms with Crippen molar-refractivity contribution < 1.29 is 4.74 Å². The molecule has 1 heterocycles. The Morgan fingerprint density at radius 2 is 2.33 bits per heavy atom. The summed E-state index contributed by atoms with van der Waals surface area (Å²) < 4.78 is 5.82. The van der Waals surface area contributed by atoms with Crippen LogP contribution in [-0.4, -0.2) is 17.5 Å². The summed E-state index contributed by atoms with van der Waals surface area (Å²) in [5.74, 6) is 0.792. The van der Waals surface area contributed by atoms with Crippen LogP contribution in [0.2, 0.25) is 0 Å². The highest BCUT2D eigenvalue weighted by atomic mass is 79.9. The Kier molecular flexibility index (Phi) is 4.04. The van der Waals surface area contributed by atoms with Crippen molar-refractivity contribution in [2.45, 2.75) is 45.1 Å². The van der Waals surface area contributed by atoms with Gasteiger partial charge >= 0.3 is 0 Å². The summed E-state index contributed by atoms with van der Waals surface area (Å²) in [5.41, 5.74) is 0.176. The van der Waals surface area contributed by atoms with Gasteiger partial charge in [-0.25, -0.2) is 0 Å². The van der Waals surface area contributed by atoms with E-state index in [-0.39, 0.29) is 5.60 Å². The summed E-state index contributed by atoms with van der Waals surface area (Å²) in [4.78, 5) is 0. The van der Waals surface area contributed by atoms with Crippen LogP contribution in [0.4, 0.5) is 0 Å². The van der Waals surface area contributed by atoms with E-state index in [2.05, 4.69) is 29.8 Å². The highest BCUT2D eigenvalue weighted by Gasteiger charge is 2.34. The second-order valence-electron chi connectivity index (χ2n) is 3.99. The van der Waals surface area contributed by atoms with Crippen LogP contribution in [0, 0.1) is 5.92 Å². The van der Waals surface area contributed by atoms with Crippen LogP contribution in [-0.2, 0) is 4.74 Å². The van der Waals surface area contributed by atoms with Crippen molar-refractivity contribution in [3.63, 3.8) is 0 Å². The molecular weight excluding hydrogens is 216 g/mol. The number of alkyl halides is 1. The number of halogens is 1. The summed E-state index contributed by atoms with van der Waals surface area (Å²) in [5, 5.41) is 1.00. The van der Waals surface area contributed by atoms with Gasteiger partial charge in [-0.3, -0.25) is 0 Å². The van der Waals surface area contributed by atoms with E-state index in [4.69, 9.17) is 4.74 Å². The molecule has 1 aliphatic heterocycles. The van der Waals surface area contributed by atoms with Gasteiger partial charge in [0.05, 0.1) is 5.60 Å². The maximum Gasteiger partial charge on any atom is 0.0782 e. The molecule has 0 aromatic rings. The van der Waals surface area contributed by atoms with Gasteiger partial charge in [-0.15, -0.1) is 0 Å². The first-order valence-corrected chi connectivity index (χ1v) is 6.04. The zero-order valence-electron chi connectivity index (χ0n) is 8.11. The third-order valence-corrected chi connectivity index (χ3v) is 3.87. The number of ether oxygens (including phenoxy) is 1. The van der Waals surface area contributed by atoms with Gasteiger partial charge < -0.3 is 4.74 Å². The van der Waals surface area contributed by atoms with Crippen LogP contribution in [0.1, 0.15) is 39.5 Å². The van der Waals surface area contributed by atoms with Crippen molar-refractivity contribution in [2.24, 2.45) is 5.92 Å². The number of hydrogen-bond acceptors (Lipinski definition) is 1. The molecule has 1 rings (SSSR count). The lowest BCUT2D eigenvalue weighted by molar-refractivity contribution is 0.00683. The normalized spacial score (nSPS) is 32.2. The molecule has 0 aromatic carbocycles. The molecule has 0 N–H and O–H groups in total. The predicted molar refractivity (Wildman–Crippen MR) is 55.8 cm³/mol. The quantitative estimate of drug-likeness (QED) is 0.679. The smallest absolute Gasteiger partial charge is 0.0782 e. The fourth-order valence-electron chi connectivity index (χ4n) is 1.86. The molecule has 1 saturated heterocycles. The van der Waals surface area contributed by atoms with Crippen molar-refractivity contribution in [2.75, 3.05) is 11.9 Å². The molecule has 0 aliphatic carbocycles. The SMILES string of the molecule is CCC(C)CC1(CBr)CCCO1. The minimum atomic E-state index is 0.176. The molecule has 1 nitrogen and oxygen atoms in total. The van der Waals surface area contributed by atoms with Crippen LogP contribution in [0.25, 0.3) is 0 Å². The van der Waals surface area contributed by atoms with Crippen LogP contribution in [0.15, 0.2) is 0 Å². The molecule has 12 heavy (non-hydrogen) atoms. The van der Waals surface area contributed by atoms with E-state index in [0.717, 1.165) is 17.9 Å². The molecule has 0 saturated carbocycles. The first-order chi connectivity index (χ1) is 5.72. The second kappa shape index (κ2) is 4.61. The molecule has 1 fully saturated rings. The van der Waals surface area contributed by atoms with Crippen LogP contribution in [0.5, 0.6) is 0 Å². The summed E-state index contributed by atoms with van der Waals surface area (Å²) >= 11 is 3.57. The van der Waals surface area contributed by atoms with Gasteiger partial charge in [0, 0.05) is 11.9 Å². The zero-order chi connectivity index (χ0) is 9.03. The molecule has 0 spiro atoms. The largest absolute Gasteiger partial charge is 0.374 e. The zero-order valence-corrected chi connectivity index (χ0v) is 9.69. The molecule has 2 atom stereocenters. The first kappa shape index (κ1) is 10.5. The Hall–Kier alpha value is 0.440. The third-order valence-electron chi connectivity index (χ3n) is 2.85. The van der Waals surface area contributed by atoms with E-state index in [9.17, 15) is 0 Å². The third kappa shape index (κ3) is 2.46. The molecule has 2 unspecified atom stereocenters. The van der Waals surface area contributed by atoms with Crippen LogP contribution in [0.3, 0.4) is 0 Å². The van der Waals surface area contributed by atoms with Gasteiger partial charge in [0.2, 0.25) is 0 Å². The Bertz CT molecular complexity index is 130. The highest BCUT2D eigenvalue weighted by Crippen LogP contribution is 2.34. The van der Waals surface area contributed by atoms with Crippen molar-refractivity contribution in [1.29, 1.82) is 0 Å². The molecule has 1 aliphatic rings. The Labute approximate surface area is 84.0 Å². The number of hydrogen-bond donors (Lipinski definition) is 0. The van der Waals surface area contributed by atoms with Gasteiger partial charge in [0.15, 0.2) is 0 Å². The van der Waals surface area contributed by atoms with Gasteiger partial charge in [-0.1, -0.05) is 36.2 Å². The lowest BCUT2D eigenvalue weighted by Gasteiger charge is -2.28. The topological polar surface area (TPSA) is 9.23 Å². The molecule has 0 bridgehead atoms. The predicted octanol–water partition coefficient (Wildman–Crippen LogP) is 3.37. The van der Waals surface area contributed by atoms with Gasteiger partial charge in [-0.2, -0.15) is 0 Å². The molecular formula is C10H19BrO. The lowest BCUT2D eigenvalue weighted by Crippen LogP contribution is -2.31. The average Bonchev–Trinajstić information content (AvgIpc) is 2.54. The fourth-order valence-corrected chi connectivity index (χ4v) is 2.53. The minimum Gasteiger partial charge on any atom is -0.374 e. The summed E-state index contributed by atoms with van der Waals surface area (Å²) in [6.07, 6.45) is 4.96. The van der Waals surface area contributed by atoms with Crippen molar-refractivity contribution in [3.8, 4) is 0 Å².